The van der Waals surface area contributed by atoms with Crippen molar-refractivity contribution in [3.8, 4) is 0 Å². The molecule has 1 fully saturated rings. The lowest BCUT2D eigenvalue weighted by Crippen LogP contribution is -2.21. The largest absolute Gasteiger partial charge is 0.359 e. The van der Waals surface area contributed by atoms with Crippen molar-refractivity contribution < 1.29 is 9.66 Å². The molecule has 1 rings (SSSR count). The number of nitrogens with zero attached hydrogens (tertiary/aromatic N) is 1. The van der Waals surface area contributed by atoms with Crippen LogP contribution in [0, 0.1) is 10.1 Å². The molecule has 2 unspecified atom stereocenters. The van der Waals surface area contributed by atoms with Crippen LogP contribution in [0.25, 0.3) is 0 Å². The zero-order chi connectivity index (χ0) is 7.78. The normalized spacial score (nSPS) is 37.6. The summed E-state index contributed by atoms with van der Waals surface area (Å²) in [6, 6.07) is 0. The van der Waals surface area contributed by atoms with Gasteiger partial charge in [0.1, 0.15) is 0 Å². The molecule has 4 nitrogen and oxygen atoms in total. The fraction of sp³-hybridized carbons (Fsp3) is 1.00. The van der Waals surface area contributed by atoms with E-state index in [2.05, 4.69) is 0 Å². The van der Waals surface area contributed by atoms with Crippen molar-refractivity contribution in [1.29, 1.82) is 0 Å². The number of hydrogen-bond acceptors (Lipinski definition) is 3. The lowest BCUT2D eigenvalue weighted by molar-refractivity contribution is -0.487. The molecule has 10 heavy (non-hydrogen) atoms. The van der Waals surface area contributed by atoms with E-state index in [-0.39, 0.29) is 17.6 Å². The predicted molar refractivity (Wildman–Crippen MR) is 35.4 cm³/mol. The van der Waals surface area contributed by atoms with Crippen LogP contribution < -0.4 is 0 Å². The third kappa shape index (κ3) is 1.26. The summed E-state index contributed by atoms with van der Waals surface area (Å²) in [5.74, 6) is 0. The molecule has 4 heteroatoms. The molecule has 0 amide bonds. The molecule has 0 N–H and O–H groups in total. The van der Waals surface area contributed by atoms with E-state index in [1.165, 1.54) is 0 Å². The SMILES string of the molecule is CCC1OC1(C)C[N+](=O)[O-]. The van der Waals surface area contributed by atoms with Crippen LogP contribution in [0.2, 0.25) is 0 Å². The maximum Gasteiger partial charge on any atom is 0.234 e. The van der Waals surface area contributed by atoms with Crippen LogP contribution in [0.5, 0.6) is 0 Å². The van der Waals surface area contributed by atoms with Crippen LogP contribution in [-0.4, -0.2) is 23.2 Å². The fourth-order valence-electron chi connectivity index (χ4n) is 1.20. The van der Waals surface area contributed by atoms with E-state index in [1.54, 1.807) is 6.92 Å². The highest BCUT2D eigenvalue weighted by Gasteiger charge is 2.55. The highest BCUT2D eigenvalue weighted by Crippen LogP contribution is 2.37. The van der Waals surface area contributed by atoms with Crippen LogP contribution in [0.4, 0.5) is 0 Å². The minimum Gasteiger partial charge on any atom is -0.359 e. The molecule has 58 valence electrons. The lowest BCUT2D eigenvalue weighted by atomic mass is 10.1. The Hall–Kier alpha value is -0.640. The van der Waals surface area contributed by atoms with Crippen molar-refractivity contribution >= 4 is 0 Å². The second-order valence-corrected chi connectivity index (χ2v) is 2.82. The number of ether oxygens (including phenoxy) is 1. The maximum atomic E-state index is 10.0. The van der Waals surface area contributed by atoms with Crippen LogP contribution in [-0.2, 0) is 4.74 Å². The second kappa shape index (κ2) is 2.20. The molecule has 0 saturated carbocycles. The first-order chi connectivity index (χ1) is 4.58. The molecule has 0 aromatic heterocycles. The molecule has 0 aliphatic carbocycles. The molecule has 0 spiro atoms. The van der Waals surface area contributed by atoms with Gasteiger partial charge in [-0.3, -0.25) is 10.1 Å². The van der Waals surface area contributed by atoms with Crippen molar-refractivity contribution in [2.24, 2.45) is 0 Å². The topological polar surface area (TPSA) is 55.7 Å². The van der Waals surface area contributed by atoms with Gasteiger partial charge in [0.2, 0.25) is 6.54 Å². The first-order valence-electron chi connectivity index (χ1n) is 3.38. The predicted octanol–water partition coefficient (Wildman–Crippen LogP) is 0.831. The number of hydrogen-bond donors (Lipinski definition) is 0. The third-order valence-electron chi connectivity index (χ3n) is 1.85. The third-order valence-corrected chi connectivity index (χ3v) is 1.85. The first kappa shape index (κ1) is 7.47. The molecule has 1 aliphatic heterocycles. The van der Waals surface area contributed by atoms with E-state index >= 15 is 0 Å². The molecule has 0 radical (unpaired) electrons. The van der Waals surface area contributed by atoms with E-state index in [9.17, 15) is 10.1 Å². The Morgan fingerprint density at radius 3 is 2.70 bits per heavy atom. The molecular formula is C6H11NO3. The van der Waals surface area contributed by atoms with Gasteiger partial charge < -0.3 is 4.74 Å². The van der Waals surface area contributed by atoms with Crippen LogP contribution in [0.3, 0.4) is 0 Å². The van der Waals surface area contributed by atoms with Gasteiger partial charge >= 0.3 is 0 Å². The van der Waals surface area contributed by atoms with Gasteiger partial charge in [-0.15, -0.1) is 0 Å². The van der Waals surface area contributed by atoms with E-state index in [0.717, 1.165) is 6.42 Å². The highest BCUT2D eigenvalue weighted by molar-refractivity contribution is 4.97. The van der Waals surface area contributed by atoms with Gasteiger partial charge in [0, 0.05) is 4.92 Å². The summed E-state index contributed by atoms with van der Waals surface area (Å²) in [5.41, 5.74) is -0.460. The summed E-state index contributed by atoms with van der Waals surface area (Å²) in [6.07, 6.45) is 0.975. The van der Waals surface area contributed by atoms with Gasteiger partial charge in [-0.05, 0) is 13.3 Å². The average Bonchev–Trinajstić information content (AvgIpc) is 2.39. The van der Waals surface area contributed by atoms with Crippen LogP contribution in [0.1, 0.15) is 20.3 Å². The first-order valence-corrected chi connectivity index (χ1v) is 3.38. The molecule has 1 saturated heterocycles. The van der Waals surface area contributed by atoms with Gasteiger partial charge in [0.25, 0.3) is 0 Å². The molecule has 1 aliphatic rings. The lowest BCUT2D eigenvalue weighted by Gasteiger charge is -1.96. The highest BCUT2D eigenvalue weighted by atomic mass is 16.7. The van der Waals surface area contributed by atoms with Crippen molar-refractivity contribution in [1.82, 2.24) is 0 Å². The molecular weight excluding hydrogens is 134 g/mol. The molecule has 0 aromatic carbocycles. The van der Waals surface area contributed by atoms with E-state index in [4.69, 9.17) is 4.74 Å². The zero-order valence-electron chi connectivity index (χ0n) is 6.16. The van der Waals surface area contributed by atoms with Gasteiger partial charge in [-0.2, -0.15) is 0 Å². The van der Waals surface area contributed by atoms with Crippen molar-refractivity contribution in [3.05, 3.63) is 10.1 Å². The van der Waals surface area contributed by atoms with Gasteiger partial charge in [-0.1, -0.05) is 6.92 Å². The Morgan fingerprint density at radius 1 is 1.80 bits per heavy atom. The number of nitro groups is 1. The fourth-order valence-corrected chi connectivity index (χ4v) is 1.20. The summed E-state index contributed by atoms with van der Waals surface area (Å²) >= 11 is 0. The Labute approximate surface area is 59.3 Å². The Bertz CT molecular complexity index is 159. The molecule has 2 atom stereocenters. The minimum absolute atomic E-state index is 0.0640. The Kier molecular flexibility index (Phi) is 1.64. The Morgan fingerprint density at radius 2 is 2.40 bits per heavy atom. The average molecular weight is 145 g/mol. The van der Waals surface area contributed by atoms with Gasteiger partial charge in [0.05, 0.1) is 6.10 Å². The summed E-state index contributed by atoms with van der Waals surface area (Å²) < 4.78 is 5.12. The standard InChI is InChI=1S/C6H11NO3/c1-3-5-6(2,10-5)4-7(8)9/h5H,3-4H2,1-2H3. The van der Waals surface area contributed by atoms with Crippen molar-refractivity contribution in [2.45, 2.75) is 32.0 Å². The summed E-state index contributed by atoms with van der Waals surface area (Å²) in [6.45, 7) is 3.69. The van der Waals surface area contributed by atoms with E-state index < -0.39 is 5.60 Å². The number of rotatable bonds is 3. The summed E-state index contributed by atoms with van der Waals surface area (Å²) in [5, 5.41) is 10.0. The van der Waals surface area contributed by atoms with Crippen molar-refractivity contribution in [2.75, 3.05) is 6.54 Å². The van der Waals surface area contributed by atoms with E-state index in [1.807, 2.05) is 6.92 Å². The molecule has 1 heterocycles. The van der Waals surface area contributed by atoms with Crippen molar-refractivity contribution in [3.63, 3.8) is 0 Å². The monoisotopic (exact) mass is 145 g/mol. The quantitative estimate of drug-likeness (QED) is 0.336. The summed E-state index contributed by atoms with van der Waals surface area (Å²) in [4.78, 5) is 9.72. The smallest absolute Gasteiger partial charge is 0.234 e. The van der Waals surface area contributed by atoms with Gasteiger partial charge in [0.15, 0.2) is 5.60 Å². The van der Waals surface area contributed by atoms with E-state index in [0.29, 0.717) is 0 Å². The second-order valence-electron chi connectivity index (χ2n) is 2.82. The Balaban J connectivity index is 2.36. The molecule has 0 bridgehead atoms. The van der Waals surface area contributed by atoms with Crippen LogP contribution >= 0.6 is 0 Å². The maximum absolute atomic E-state index is 10.0. The molecule has 0 aromatic rings. The van der Waals surface area contributed by atoms with Gasteiger partial charge in [-0.25, -0.2) is 0 Å². The number of epoxide rings is 1. The van der Waals surface area contributed by atoms with Crippen LogP contribution in [0.15, 0.2) is 0 Å². The minimum atomic E-state index is -0.460. The zero-order valence-corrected chi connectivity index (χ0v) is 6.16. The summed E-state index contributed by atoms with van der Waals surface area (Å²) in [7, 11) is 0.